The predicted molar refractivity (Wildman–Crippen MR) is 147 cm³/mol. The van der Waals surface area contributed by atoms with Gasteiger partial charge in [-0.15, -0.1) is 0 Å². The number of aromatic nitrogens is 1. The summed E-state index contributed by atoms with van der Waals surface area (Å²) in [7, 11) is 4.56. The van der Waals surface area contributed by atoms with E-state index in [9.17, 15) is 9.18 Å². The van der Waals surface area contributed by atoms with Crippen molar-refractivity contribution in [1.82, 2.24) is 10.3 Å². The zero-order valence-electron chi connectivity index (χ0n) is 22.5. The van der Waals surface area contributed by atoms with Gasteiger partial charge in [-0.3, -0.25) is 9.78 Å². The summed E-state index contributed by atoms with van der Waals surface area (Å²) in [5.41, 5.74) is 8.63. The van der Waals surface area contributed by atoms with Crippen LogP contribution in [0.3, 0.4) is 0 Å². The summed E-state index contributed by atoms with van der Waals surface area (Å²) in [6, 6.07) is 7.58. The summed E-state index contributed by atoms with van der Waals surface area (Å²) in [5.74, 6) is 0.998. The van der Waals surface area contributed by atoms with Crippen LogP contribution in [0.2, 0.25) is 0 Å². The molecule has 2 unspecified atom stereocenters. The van der Waals surface area contributed by atoms with Gasteiger partial charge in [0.1, 0.15) is 17.1 Å². The second kappa shape index (κ2) is 12.6. The maximum atomic E-state index is 14.7. The first kappa shape index (κ1) is 27.9. The summed E-state index contributed by atoms with van der Waals surface area (Å²) in [6.07, 6.45) is 9.04. The Morgan fingerprint density at radius 2 is 1.97 bits per heavy atom. The molecule has 0 saturated heterocycles. The number of furan rings is 1. The van der Waals surface area contributed by atoms with E-state index in [0.717, 1.165) is 25.7 Å². The zero-order chi connectivity index (χ0) is 27.9. The highest BCUT2D eigenvalue weighted by atomic mass is 19.1. The number of amides is 1. The number of rotatable bonds is 10. The Hall–Kier alpha value is -4.11. The predicted octanol–water partition coefficient (Wildman–Crippen LogP) is 5.40. The topological polar surface area (TPSA) is 109 Å². The molecular weight excluding hydrogens is 501 g/mol. The lowest BCUT2D eigenvalue weighted by molar-refractivity contribution is 0.0921. The summed E-state index contributed by atoms with van der Waals surface area (Å²) in [4.78, 5) is 17.4. The Morgan fingerprint density at radius 3 is 2.67 bits per heavy atom. The Morgan fingerprint density at radius 1 is 1.18 bits per heavy atom. The molecule has 2 atom stereocenters. The SMILES string of the molecule is C=CC(OC)=C(OC)C(=CCc1cc2nccc(-c3cc(F)cc(C(=O)NC4CCCCC4N)c3)c2o1)OC. The number of nitrogens with zero attached hydrogens (tertiary/aromatic N) is 1. The van der Waals surface area contributed by atoms with E-state index in [1.54, 1.807) is 30.5 Å². The first-order valence-electron chi connectivity index (χ1n) is 12.8. The van der Waals surface area contributed by atoms with Gasteiger partial charge in [0.25, 0.3) is 5.91 Å². The van der Waals surface area contributed by atoms with E-state index in [0.29, 0.717) is 51.7 Å². The number of hydrogen-bond acceptors (Lipinski definition) is 7. The molecule has 3 aromatic rings. The molecule has 1 aliphatic carbocycles. The smallest absolute Gasteiger partial charge is 0.251 e. The van der Waals surface area contributed by atoms with Crippen molar-refractivity contribution in [3.8, 4) is 11.1 Å². The Bertz CT molecular complexity index is 1410. The van der Waals surface area contributed by atoms with Crippen molar-refractivity contribution in [2.24, 2.45) is 5.73 Å². The van der Waals surface area contributed by atoms with Gasteiger partial charge in [0, 0.05) is 41.9 Å². The summed E-state index contributed by atoms with van der Waals surface area (Å²) >= 11 is 0. The molecule has 0 bridgehead atoms. The molecule has 2 aromatic heterocycles. The van der Waals surface area contributed by atoms with Crippen LogP contribution < -0.4 is 11.1 Å². The molecule has 206 valence electrons. The lowest BCUT2D eigenvalue weighted by Gasteiger charge is -2.29. The fraction of sp³-hybridized carbons (Fsp3) is 0.333. The summed E-state index contributed by atoms with van der Waals surface area (Å²) in [5, 5.41) is 2.98. The molecular formula is C30H34FN3O5. The number of carbonyl (C=O) groups excluding carboxylic acids is 1. The maximum Gasteiger partial charge on any atom is 0.251 e. The van der Waals surface area contributed by atoms with Gasteiger partial charge in [-0.05, 0) is 54.8 Å². The molecule has 1 aliphatic rings. The van der Waals surface area contributed by atoms with Gasteiger partial charge in [0.2, 0.25) is 5.76 Å². The highest BCUT2D eigenvalue weighted by Crippen LogP contribution is 2.32. The first-order chi connectivity index (χ1) is 18.9. The number of pyridine rings is 1. The van der Waals surface area contributed by atoms with E-state index in [4.69, 9.17) is 24.4 Å². The minimum atomic E-state index is -0.523. The van der Waals surface area contributed by atoms with Crippen LogP contribution in [-0.2, 0) is 20.6 Å². The van der Waals surface area contributed by atoms with E-state index < -0.39 is 5.82 Å². The summed E-state index contributed by atoms with van der Waals surface area (Å²) in [6.45, 7) is 3.73. The zero-order valence-corrected chi connectivity index (χ0v) is 22.5. The molecule has 39 heavy (non-hydrogen) atoms. The van der Waals surface area contributed by atoms with Crippen LogP contribution in [0, 0.1) is 5.82 Å². The third kappa shape index (κ3) is 6.31. The largest absolute Gasteiger partial charge is 0.493 e. The number of halogens is 1. The van der Waals surface area contributed by atoms with Crippen LogP contribution in [0.25, 0.3) is 22.2 Å². The average Bonchev–Trinajstić information content (AvgIpc) is 3.37. The number of ether oxygens (including phenoxy) is 3. The van der Waals surface area contributed by atoms with E-state index in [2.05, 4.69) is 16.9 Å². The van der Waals surface area contributed by atoms with Gasteiger partial charge in [0.15, 0.2) is 17.1 Å². The Labute approximate surface area is 227 Å². The van der Waals surface area contributed by atoms with Crippen molar-refractivity contribution in [3.05, 3.63) is 89.7 Å². The summed E-state index contributed by atoms with van der Waals surface area (Å²) < 4.78 is 37.1. The van der Waals surface area contributed by atoms with Gasteiger partial charge in [-0.25, -0.2) is 4.39 Å². The number of fused-ring (bicyclic) bond motifs is 1. The Balaban J connectivity index is 1.63. The highest BCUT2D eigenvalue weighted by molar-refractivity contribution is 5.97. The fourth-order valence-electron chi connectivity index (χ4n) is 4.84. The monoisotopic (exact) mass is 535 g/mol. The van der Waals surface area contributed by atoms with E-state index in [1.807, 2.05) is 0 Å². The molecule has 0 spiro atoms. The number of carbonyl (C=O) groups is 1. The van der Waals surface area contributed by atoms with Crippen molar-refractivity contribution in [2.75, 3.05) is 21.3 Å². The normalized spacial score (nSPS) is 18.3. The lowest BCUT2D eigenvalue weighted by atomic mass is 9.91. The van der Waals surface area contributed by atoms with Crippen molar-refractivity contribution in [1.29, 1.82) is 0 Å². The minimum absolute atomic E-state index is 0.0990. The van der Waals surface area contributed by atoms with Crippen molar-refractivity contribution in [3.63, 3.8) is 0 Å². The lowest BCUT2D eigenvalue weighted by Crippen LogP contribution is -2.49. The Kier molecular flexibility index (Phi) is 9.03. The molecule has 0 radical (unpaired) electrons. The number of benzene rings is 1. The molecule has 9 heteroatoms. The van der Waals surface area contributed by atoms with Crippen molar-refractivity contribution >= 4 is 17.0 Å². The minimum Gasteiger partial charge on any atom is -0.493 e. The number of hydrogen-bond donors (Lipinski definition) is 2. The second-order valence-corrected chi connectivity index (χ2v) is 9.32. The van der Waals surface area contributed by atoms with Crippen LogP contribution in [0.5, 0.6) is 0 Å². The van der Waals surface area contributed by atoms with Gasteiger partial charge < -0.3 is 29.7 Å². The van der Waals surface area contributed by atoms with Crippen LogP contribution >= 0.6 is 0 Å². The number of nitrogens with two attached hydrogens (primary N) is 1. The molecule has 1 amide bonds. The molecule has 2 heterocycles. The van der Waals surface area contributed by atoms with Gasteiger partial charge in [-0.2, -0.15) is 0 Å². The highest BCUT2D eigenvalue weighted by Gasteiger charge is 2.24. The van der Waals surface area contributed by atoms with Crippen LogP contribution in [0.4, 0.5) is 4.39 Å². The van der Waals surface area contributed by atoms with Gasteiger partial charge in [-0.1, -0.05) is 19.4 Å². The number of nitrogens with one attached hydrogen (secondary N) is 1. The third-order valence-electron chi connectivity index (χ3n) is 6.84. The molecule has 1 saturated carbocycles. The number of allylic oxidation sites excluding steroid dienone is 2. The molecule has 1 fully saturated rings. The first-order valence-corrected chi connectivity index (χ1v) is 12.8. The van der Waals surface area contributed by atoms with Crippen LogP contribution in [-0.4, -0.2) is 44.3 Å². The molecule has 8 nitrogen and oxygen atoms in total. The number of methoxy groups -OCH3 is 3. The van der Waals surface area contributed by atoms with E-state index in [-0.39, 0.29) is 23.6 Å². The van der Waals surface area contributed by atoms with Gasteiger partial charge in [0.05, 0.1) is 21.3 Å². The third-order valence-corrected chi connectivity index (χ3v) is 6.84. The molecule has 1 aromatic carbocycles. The second-order valence-electron chi connectivity index (χ2n) is 9.32. The molecule has 3 N–H and O–H groups in total. The van der Waals surface area contributed by atoms with Crippen molar-refractivity contribution < 1.29 is 27.8 Å². The molecule has 0 aliphatic heterocycles. The van der Waals surface area contributed by atoms with Gasteiger partial charge >= 0.3 is 0 Å². The standard InChI is InChI=1S/C30H34FN3O5/c1-5-26(36-2)29(38-4)27(37-3)11-10-21-17-25-28(39-21)22(12-13-33-25)18-14-19(16-20(31)15-18)30(35)34-24-9-7-6-8-23(24)32/h5,11-17,23-24H,1,6-10,32H2,2-4H3,(H,34,35). The van der Waals surface area contributed by atoms with E-state index in [1.165, 1.54) is 39.5 Å². The molecule has 4 rings (SSSR count). The quantitative estimate of drug-likeness (QED) is 0.264. The fourth-order valence-corrected chi connectivity index (χ4v) is 4.84. The van der Waals surface area contributed by atoms with Crippen LogP contribution in [0.15, 0.2) is 77.0 Å². The van der Waals surface area contributed by atoms with Crippen LogP contribution in [0.1, 0.15) is 41.8 Å². The average molecular weight is 536 g/mol. The maximum absolute atomic E-state index is 14.7. The van der Waals surface area contributed by atoms with Crippen molar-refractivity contribution in [2.45, 2.75) is 44.2 Å². The van der Waals surface area contributed by atoms with E-state index >= 15 is 0 Å².